The Hall–Kier alpha value is -0.180. The molecule has 0 aromatic heterocycles. The van der Waals surface area contributed by atoms with Crippen LogP contribution >= 0.6 is 0 Å². The number of halogens is 2. The first-order valence-electron chi connectivity index (χ1n) is 1.23. The lowest BCUT2D eigenvalue weighted by atomic mass is 10.7. The molecule has 0 saturated carbocycles. The van der Waals surface area contributed by atoms with Gasteiger partial charge in [0.15, 0.2) is 6.30 Å². The van der Waals surface area contributed by atoms with Gasteiger partial charge < -0.3 is 0 Å². The Morgan fingerprint density at radius 2 is 2.00 bits per heavy atom. The van der Waals surface area contributed by atoms with E-state index in [-0.39, 0.29) is 0 Å². The molecule has 1 nitrogen and oxygen atoms in total. The van der Waals surface area contributed by atoms with E-state index in [4.69, 9.17) is 0 Å². The molecule has 3 heteroatoms. The van der Waals surface area contributed by atoms with Crippen molar-refractivity contribution >= 4 is 0 Å². The molecule has 0 aliphatic rings. The van der Waals surface area contributed by atoms with Crippen molar-refractivity contribution in [2.75, 3.05) is 6.67 Å². The van der Waals surface area contributed by atoms with Crippen molar-refractivity contribution in [2.24, 2.45) is 5.73 Å². The lowest BCUT2D eigenvalue weighted by Gasteiger charge is -1.84. The fourth-order valence-corrected chi connectivity index (χ4v) is 0. The first-order chi connectivity index (χ1) is 2.27. The van der Waals surface area contributed by atoms with Gasteiger partial charge in [-0.05, 0) is 0 Å². The van der Waals surface area contributed by atoms with E-state index >= 15 is 0 Å². The van der Waals surface area contributed by atoms with Crippen molar-refractivity contribution in [1.82, 2.24) is 0 Å². The summed E-state index contributed by atoms with van der Waals surface area (Å²) in [6.45, 7) is -1.08. The zero-order valence-electron chi connectivity index (χ0n) is 2.62. The summed E-state index contributed by atoms with van der Waals surface area (Å²) in [4.78, 5) is 0. The summed E-state index contributed by atoms with van der Waals surface area (Å²) in [5.74, 6) is 0. The van der Waals surface area contributed by atoms with E-state index in [1.807, 2.05) is 0 Å². The van der Waals surface area contributed by atoms with Crippen molar-refractivity contribution in [3.8, 4) is 0 Å². The van der Waals surface area contributed by atoms with E-state index in [0.29, 0.717) is 0 Å². The first kappa shape index (κ1) is 4.82. The molecule has 0 saturated heterocycles. The van der Waals surface area contributed by atoms with Crippen LogP contribution in [0.4, 0.5) is 8.78 Å². The van der Waals surface area contributed by atoms with Gasteiger partial charge in [-0.1, -0.05) is 0 Å². The Balaban J connectivity index is 2.54. The van der Waals surface area contributed by atoms with Gasteiger partial charge in [0.2, 0.25) is 0 Å². The molecule has 0 aliphatic carbocycles. The van der Waals surface area contributed by atoms with E-state index < -0.39 is 13.0 Å². The smallest absolute Gasteiger partial charge is 0.177 e. The minimum absolute atomic E-state index is 1.08. The zero-order chi connectivity index (χ0) is 4.28. The summed E-state index contributed by atoms with van der Waals surface area (Å²) < 4.78 is 21.4. The van der Waals surface area contributed by atoms with Crippen LogP contribution in [0.1, 0.15) is 0 Å². The summed E-state index contributed by atoms with van der Waals surface area (Å²) in [7, 11) is 0. The predicted molar refractivity (Wildman–Crippen MR) is 15.1 cm³/mol. The van der Waals surface area contributed by atoms with Crippen molar-refractivity contribution < 1.29 is 8.78 Å². The molecule has 1 unspecified atom stereocenters. The molecule has 1 atom stereocenters. The predicted octanol–water partition coefficient (Wildman–Crippen LogP) is 0.210. The summed E-state index contributed by atoms with van der Waals surface area (Å²) in [6.07, 6.45) is -1.78. The molecule has 2 N–H and O–H groups in total. The van der Waals surface area contributed by atoms with Gasteiger partial charge in [-0.15, -0.1) is 0 Å². The van der Waals surface area contributed by atoms with Crippen molar-refractivity contribution in [2.45, 2.75) is 6.30 Å². The minimum Gasteiger partial charge on any atom is -0.300 e. The number of nitrogens with two attached hydrogens (primary N) is 1. The average Bonchev–Trinajstić information content (AvgIpc) is 1.38. The Labute approximate surface area is 28.8 Å². The van der Waals surface area contributed by atoms with Crippen LogP contribution in [0, 0.1) is 0 Å². The van der Waals surface area contributed by atoms with Crippen molar-refractivity contribution in [1.29, 1.82) is 0 Å². The van der Waals surface area contributed by atoms with Crippen LogP contribution in [-0.2, 0) is 0 Å². The highest BCUT2D eigenvalue weighted by atomic mass is 19.2. The van der Waals surface area contributed by atoms with Crippen molar-refractivity contribution in [3.05, 3.63) is 0 Å². The standard InChI is InChI=1S/C2H5F2N/c3-1-2(4)5/h2H,1,5H2. The average molecular weight is 81.1 g/mol. The highest BCUT2D eigenvalue weighted by Crippen LogP contribution is 1.75. The monoisotopic (exact) mass is 81.0 g/mol. The van der Waals surface area contributed by atoms with Crippen LogP contribution < -0.4 is 5.73 Å². The molecule has 0 radical (unpaired) electrons. The molecule has 0 fully saturated rings. The quantitative estimate of drug-likeness (QED) is 0.448. The molecule has 0 amide bonds. The van der Waals surface area contributed by atoms with Gasteiger partial charge in [-0.25, -0.2) is 8.78 Å². The summed E-state index contributed by atoms with van der Waals surface area (Å²) >= 11 is 0. The highest BCUT2D eigenvalue weighted by Gasteiger charge is 1.89. The van der Waals surface area contributed by atoms with E-state index in [9.17, 15) is 8.78 Å². The Kier molecular flexibility index (Phi) is 2.01. The largest absolute Gasteiger partial charge is 0.300 e. The van der Waals surface area contributed by atoms with Crippen LogP contribution in [0.5, 0.6) is 0 Å². The maximum atomic E-state index is 10.8. The molecular weight excluding hydrogens is 76.0 g/mol. The highest BCUT2D eigenvalue weighted by molar-refractivity contribution is 4.32. The second-order valence-electron chi connectivity index (χ2n) is 0.670. The maximum Gasteiger partial charge on any atom is 0.177 e. The van der Waals surface area contributed by atoms with Gasteiger partial charge in [0.1, 0.15) is 6.67 Å². The molecule has 0 heterocycles. The molecule has 5 heavy (non-hydrogen) atoms. The third-order valence-corrected chi connectivity index (χ3v) is 0.147. The van der Waals surface area contributed by atoms with Crippen molar-refractivity contribution in [3.63, 3.8) is 0 Å². The van der Waals surface area contributed by atoms with E-state index in [0.717, 1.165) is 0 Å². The number of alkyl halides is 2. The van der Waals surface area contributed by atoms with Gasteiger partial charge in [0.05, 0.1) is 0 Å². The number of hydrogen-bond donors (Lipinski definition) is 1. The second-order valence-corrected chi connectivity index (χ2v) is 0.670. The number of hydrogen-bond acceptors (Lipinski definition) is 1. The van der Waals surface area contributed by atoms with E-state index in [1.54, 1.807) is 0 Å². The zero-order valence-corrected chi connectivity index (χ0v) is 2.62. The Morgan fingerprint density at radius 1 is 1.80 bits per heavy atom. The third-order valence-electron chi connectivity index (χ3n) is 0.147. The molecule has 0 bridgehead atoms. The molecule has 0 aromatic carbocycles. The van der Waals surface area contributed by atoms with Gasteiger partial charge in [-0.3, -0.25) is 5.73 Å². The lowest BCUT2D eigenvalue weighted by molar-refractivity contribution is 0.268. The SMILES string of the molecule is NC(F)CF. The molecular formula is C2H5F2N. The normalized spacial score (nSPS) is 15.0. The first-order valence-corrected chi connectivity index (χ1v) is 1.23. The van der Waals surface area contributed by atoms with Crippen LogP contribution in [0.15, 0.2) is 0 Å². The fraction of sp³-hybridized carbons (Fsp3) is 1.00. The molecule has 0 rings (SSSR count). The second kappa shape index (κ2) is 2.08. The maximum absolute atomic E-state index is 10.8. The van der Waals surface area contributed by atoms with Crippen LogP contribution in [-0.4, -0.2) is 13.0 Å². The van der Waals surface area contributed by atoms with Gasteiger partial charge in [-0.2, -0.15) is 0 Å². The molecule has 0 spiro atoms. The Bertz CT molecular complexity index is 21.6. The summed E-state index contributed by atoms with van der Waals surface area (Å²) in [5.41, 5.74) is 4.25. The van der Waals surface area contributed by atoms with Gasteiger partial charge >= 0.3 is 0 Å². The molecule has 32 valence electrons. The van der Waals surface area contributed by atoms with Gasteiger partial charge in [0.25, 0.3) is 0 Å². The molecule has 0 aromatic rings. The minimum atomic E-state index is -1.78. The summed E-state index contributed by atoms with van der Waals surface area (Å²) in [6, 6.07) is 0. The van der Waals surface area contributed by atoms with E-state index in [1.165, 1.54) is 0 Å². The Morgan fingerprint density at radius 3 is 2.00 bits per heavy atom. The lowest BCUT2D eigenvalue weighted by Crippen LogP contribution is -2.14. The van der Waals surface area contributed by atoms with Crippen LogP contribution in [0.25, 0.3) is 0 Å². The van der Waals surface area contributed by atoms with Crippen LogP contribution in [0.2, 0.25) is 0 Å². The third kappa shape index (κ3) is 3.82. The fourth-order valence-electron chi connectivity index (χ4n) is 0. The topological polar surface area (TPSA) is 26.0 Å². The summed E-state index contributed by atoms with van der Waals surface area (Å²) in [5, 5.41) is 0. The van der Waals surface area contributed by atoms with E-state index in [2.05, 4.69) is 5.73 Å². The van der Waals surface area contributed by atoms with Crippen LogP contribution in [0.3, 0.4) is 0 Å². The number of rotatable bonds is 1. The van der Waals surface area contributed by atoms with Gasteiger partial charge in [0, 0.05) is 0 Å². The molecule has 0 aliphatic heterocycles.